The Labute approximate surface area is 169 Å². The molecule has 3 rings (SSSR count). The predicted molar refractivity (Wildman–Crippen MR) is 109 cm³/mol. The maximum atomic E-state index is 12.6. The first kappa shape index (κ1) is 20.1. The van der Waals surface area contributed by atoms with Crippen LogP contribution in [-0.4, -0.2) is 57.8 Å². The predicted octanol–water partition coefficient (Wildman–Crippen LogP) is 2.64. The number of imidazole rings is 1. The Hall–Kier alpha value is -2.64. The van der Waals surface area contributed by atoms with E-state index in [-0.39, 0.29) is 17.9 Å². The first-order valence-electron chi connectivity index (χ1n) is 9.10. The van der Waals surface area contributed by atoms with Crippen LogP contribution in [0.3, 0.4) is 0 Å². The van der Waals surface area contributed by atoms with Crippen LogP contribution in [0.2, 0.25) is 5.02 Å². The normalized spacial score (nSPS) is 15.0. The molecule has 2 heterocycles. The van der Waals surface area contributed by atoms with Gasteiger partial charge in [0.05, 0.1) is 23.5 Å². The number of para-hydroxylation sites is 1. The molecule has 1 atom stereocenters. The summed E-state index contributed by atoms with van der Waals surface area (Å²) in [5, 5.41) is 3.29. The fraction of sp³-hybridized carbons (Fsp3) is 0.350. The van der Waals surface area contributed by atoms with E-state index in [4.69, 9.17) is 11.6 Å². The molecule has 1 aromatic heterocycles. The molecular weight excluding hydrogens is 378 g/mol. The monoisotopic (exact) mass is 401 g/mol. The van der Waals surface area contributed by atoms with Gasteiger partial charge in [0.15, 0.2) is 0 Å². The Morgan fingerprint density at radius 3 is 2.75 bits per heavy atom. The molecule has 0 bridgehead atoms. The summed E-state index contributed by atoms with van der Waals surface area (Å²) in [4.78, 5) is 33.2. The van der Waals surface area contributed by atoms with Crippen LogP contribution in [0.5, 0.6) is 0 Å². The van der Waals surface area contributed by atoms with E-state index in [9.17, 15) is 9.59 Å². The van der Waals surface area contributed by atoms with Gasteiger partial charge in [-0.05, 0) is 33.2 Å². The van der Waals surface area contributed by atoms with Gasteiger partial charge in [0, 0.05) is 25.2 Å². The molecule has 1 aliphatic rings. The van der Waals surface area contributed by atoms with Crippen molar-refractivity contribution in [3.63, 3.8) is 0 Å². The molecule has 0 saturated heterocycles. The highest BCUT2D eigenvalue weighted by Crippen LogP contribution is 2.22. The largest absolute Gasteiger partial charge is 0.330 e. The van der Waals surface area contributed by atoms with Gasteiger partial charge in [-0.3, -0.25) is 9.59 Å². The minimum Gasteiger partial charge on any atom is -0.330 e. The average molecular weight is 402 g/mol. The van der Waals surface area contributed by atoms with Crippen molar-refractivity contribution in [3.05, 3.63) is 59.2 Å². The number of amides is 2. The molecule has 0 saturated carbocycles. The fourth-order valence-corrected chi connectivity index (χ4v) is 3.06. The second-order valence-corrected chi connectivity index (χ2v) is 7.38. The topological polar surface area (TPSA) is 70.5 Å². The molecule has 1 aromatic carbocycles. The number of hydrogen-bond acceptors (Lipinski definition) is 4. The smallest absolute Gasteiger partial charge is 0.273 e. The molecule has 0 radical (unpaired) electrons. The number of anilines is 1. The third-order valence-electron chi connectivity index (χ3n) is 4.86. The van der Waals surface area contributed by atoms with Crippen LogP contribution in [0.15, 0.2) is 42.6 Å². The van der Waals surface area contributed by atoms with Crippen molar-refractivity contribution in [1.82, 2.24) is 19.4 Å². The zero-order chi connectivity index (χ0) is 20.3. The number of hydrogen-bond donors (Lipinski definition) is 1. The number of carbonyl (C=O) groups excluding carboxylic acids is 2. The zero-order valence-corrected chi connectivity index (χ0v) is 17.0. The molecule has 1 aliphatic heterocycles. The number of nitrogens with zero attached hydrogens (tertiary/aromatic N) is 4. The van der Waals surface area contributed by atoms with Gasteiger partial charge in [-0.2, -0.15) is 0 Å². The highest BCUT2D eigenvalue weighted by Gasteiger charge is 2.25. The summed E-state index contributed by atoms with van der Waals surface area (Å²) in [5.41, 5.74) is 1.01. The molecule has 0 fully saturated rings. The lowest BCUT2D eigenvalue weighted by molar-refractivity contribution is -0.127. The Kier molecular flexibility index (Phi) is 6.16. The van der Waals surface area contributed by atoms with Crippen LogP contribution < -0.4 is 5.32 Å². The molecule has 148 valence electrons. The number of benzene rings is 1. The third-order valence-corrected chi connectivity index (χ3v) is 5.19. The summed E-state index contributed by atoms with van der Waals surface area (Å²) in [6.07, 6.45) is 5.03. The maximum Gasteiger partial charge on any atom is 0.273 e. The highest BCUT2D eigenvalue weighted by molar-refractivity contribution is 6.33. The second-order valence-electron chi connectivity index (χ2n) is 6.97. The van der Waals surface area contributed by atoms with Crippen LogP contribution in [0.4, 0.5) is 5.69 Å². The van der Waals surface area contributed by atoms with E-state index >= 15 is 0 Å². The van der Waals surface area contributed by atoms with Crippen LogP contribution in [0, 0.1) is 0 Å². The molecule has 1 N–H and O–H groups in total. The first-order valence-corrected chi connectivity index (χ1v) is 9.48. The standard InChI is InChI=1S/C20H24ClN5O2/c1-14(24(2)3)8-9-19(27)25-10-11-26-17(12-22-18(26)13-25)20(28)23-16-7-5-4-6-15(16)21/h4-9,12,14H,10-11,13H2,1-3H3,(H,23,28)/b9-8+. The summed E-state index contributed by atoms with van der Waals surface area (Å²) < 4.78 is 1.85. The van der Waals surface area contributed by atoms with E-state index in [1.807, 2.05) is 42.6 Å². The molecule has 28 heavy (non-hydrogen) atoms. The van der Waals surface area contributed by atoms with Crippen molar-refractivity contribution in [2.45, 2.75) is 26.1 Å². The van der Waals surface area contributed by atoms with Crippen molar-refractivity contribution >= 4 is 29.1 Å². The number of likely N-dealkylation sites (N-methyl/N-ethyl adjacent to an activating group) is 1. The van der Waals surface area contributed by atoms with Crippen LogP contribution in [0.1, 0.15) is 23.2 Å². The summed E-state index contributed by atoms with van der Waals surface area (Å²) in [6, 6.07) is 7.25. The van der Waals surface area contributed by atoms with Gasteiger partial charge in [0.25, 0.3) is 5.91 Å². The number of nitrogens with one attached hydrogen (secondary N) is 1. The Morgan fingerprint density at radius 1 is 1.29 bits per heavy atom. The van der Waals surface area contributed by atoms with Crippen molar-refractivity contribution in [2.75, 3.05) is 26.0 Å². The summed E-state index contributed by atoms with van der Waals surface area (Å²) in [5.74, 6) is 0.370. The maximum absolute atomic E-state index is 12.6. The summed E-state index contributed by atoms with van der Waals surface area (Å²) in [6.45, 7) is 3.44. The van der Waals surface area contributed by atoms with Gasteiger partial charge in [0.2, 0.25) is 5.91 Å². The van der Waals surface area contributed by atoms with Crippen molar-refractivity contribution in [2.24, 2.45) is 0 Å². The van der Waals surface area contributed by atoms with Crippen molar-refractivity contribution in [1.29, 1.82) is 0 Å². The number of rotatable bonds is 5. The average Bonchev–Trinajstić information content (AvgIpc) is 3.10. The van der Waals surface area contributed by atoms with Gasteiger partial charge in [-0.1, -0.05) is 29.8 Å². The van der Waals surface area contributed by atoms with E-state index in [2.05, 4.69) is 10.3 Å². The second kappa shape index (κ2) is 8.58. The lowest BCUT2D eigenvalue weighted by Gasteiger charge is -2.27. The Balaban J connectivity index is 1.68. The van der Waals surface area contributed by atoms with E-state index < -0.39 is 0 Å². The van der Waals surface area contributed by atoms with E-state index in [0.29, 0.717) is 41.9 Å². The minimum atomic E-state index is -0.272. The molecular formula is C20H24ClN5O2. The SMILES string of the molecule is CC(/C=C/C(=O)N1CCn2c(C(=O)Nc3ccccc3Cl)cnc2C1)N(C)C. The Bertz CT molecular complexity index is 906. The number of fused-ring (bicyclic) bond motifs is 1. The van der Waals surface area contributed by atoms with Crippen LogP contribution in [0.25, 0.3) is 0 Å². The molecule has 0 aliphatic carbocycles. The fourth-order valence-electron chi connectivity index (χ4n) is 2.88. The molecule has 2 amide bonds. The van der Waals surface area contributed by atoms with E-state index in [1.165, 1.54) is 0 Å². The zero-order valence-electron chi connectivity index (χ0n) is 16.2. The first-order chi connectivity index (χ1) is 13.4. The lowest BCUT2D eigenvalue weighted by Crippen LogP contribution is -2.38. The number of halogens is 1. The highest BCUT2D eigenvalue weighted by atomic mass is 35.5. The van der Waals surface area contributed by atoms with Gasteiger partial charge >= 0.3 is 0 Å². The number of aromatic nitrogens is 2. The van der Waals surface area contributed by atoms with Crippen molar-refractivity contribution in [3.8, 4) is 0 Å². The molecule has 1 unspecified atom stereocenters. The number of carbonyl (C=O) groups is 2. The van der Waals surface area contributed by atoms with Gasteiger partial charge in [-0.25, -0.2) is 4.98 Å². The van der Waals surface area contributed by atoms with Crippen molar-refractivity contribution < 1.29 is 9.59 Å². The van der Waals surface area contributed by atoms with E-state index in [1.54, 1.807) is 35.4 Å². The van der Waals surface area contributed by atoms with Gasteiger partial charge in [-0.15, -0.1) is 0 Å². The molecule has 8 heteroatoms. The van der Waals surface area contributed by atoms with Gasteiger partial charge in [0.1, 0.15) is 11.5 Å². The minimum absolute atomic E-state index is 0.0509. The lowest BCUT2D eigenvalue weighted by atomic mass is 10.2. The molecule has 7 nitrogen and oxygen atoms in total. The van der Waals surface area contributed by atoms with Crippen LogP contribution in [-0.2, 0) is 17.9 Å². The quantitative estimate of drug-likeness (QED) is 0.782. The third kappa shape index (κ3) is 4.43. The summed E-state index contributed by atoms with van der Waals surface area (Å²) in [7, 11) is 3.93. The molecule has 0 spiro atoms. The van der Waals surface area contributed by atoms with E-state index in [0.717, 1.165) is 0 Å². The van der Waals surface area contributed by atoms with Crippen LogP contribution >= 0.6 is 11.6 Å². The summed E-state index contributed by atoms with van der Waals surface area (Å²) >= 11 is 6.11. The Morgan fingerprint density at radius 2 is 2.04 bits per heavy atom. The molecule has 2 aromatic rings. The van der Waals surface area contributed by atoms with Gasteiger partial charge < -0.3 is 19.7 Å².